The minimum Gasteiger partial charge on any atom is -0.457 e. The molecule has 4 N–H and O–H groups in total. The van der Waals surface area contributed by atoms with Crippen molar-refractivity contribution in [2.24, 2.45) is 0 Å². The molecule has 4 nitrogen and oxygen atoms in total. The summed E-state index contributed by atoms with van der Waals surface area (Å²) in [6, 6.07) is 32.0. The molecule has 4 aromatic rings. The molecule has 0 unspecified atom stereocenters. The second-order valence-electron chi connectivity index (χ2n) is 10.6. The third-order valence-corrected chi connectivity index (χ3v) is 7.49. The molecule has 4 aromatic carbocycles. The van der Waals surface area contributed by atoms with Crippen LogP contribution >= 0.6 is 0 Å². The molecule has 204 valence electrons. The number of unbranched alkanes of at least 4 members (excludes halogenated alkanes) is 6. The van der Waals surface area contributed by atoms with E-state index in [0.717, 1.165) is 40.8 Å². The van der Waals surface area contributed by atoms with Gasteiger partial charge >= 0.3 is 0 Å². The molecule has 0 amide bonds. The molecule has 0 fully saturated rings. The fourth-order valence-electron chi connectivity index (χ4n) is 5.02. The van der Waals surface area contributed by atoms with Gasteiger partial charge in [0.2, 0.25) is 0 Å². The van der Waals surface area contributed by atoms with E-state index in [-0.39, 0.29) is 5.41 Å². The number of hydrogen-bond acceptors (Lipinski definition) is 4. The van der Waals surface area contributed by atoms with Crippen LogP contribution in [0.25, 0.3) is 0 Å². The Kier molecular flexibility index (Phi) is 9.91. The lowest BCUT2D eigenvalue weighted by Gasteiger charge is -2.31. The predicted octanol–water partition coefficient (Wildman–Crippen LogP) is 9.88. The van der Waals surface area contributed by atoms with Gasteiger partial charge in [-0.1, -0.05) is 83.1 Å². The molecule has 4 heteroatoms. The Bertz CT molecular complexity index is 1170. The van der Waals surface area contributed by atoms with E-state index in [1.165, 1.54) is 56.1 Å². The number of anilines is 2. The predicted molar refractivity (Wildman–Crippen MR) is 164 cm³/mol. The summed E-state index contributed by atoms with van der Waals surface area (Å²) in [7, 11) is 0. The van der Waals surface area contributed by atoms with Crippen molar-refractivity contribution in [3.63, 3.8) is 0 Å². The van der Waals surface area contributed by atoms with Crippen molar-refractivity contribution in [1.29, 1.82) is 0 Å². The van der Waals surface area contributed by atoms with E-state index in [4.69, 9.17) is 20.9 Å². The van der Waals surface area contributed by atoms with Crippen LogP contribution in [0.15, 0.2) is 97.1 Å². The standard InChI is InChI=1S/C35H42N2O2/c1-3-4-5-6-7-8-9-26-35(2,27-10-18-31(19-11-27)38-33-22-14-29(36)15-23-33)28-12-20-32(21-13-28)39-34-24-16-30(37)17-25-34/h10-25H,3-9,26,36-37H2,1-2H3. The number of rotatable bonds is 14. The van der Waals surface area contributed by atoms with Crippen molar-refractivity contribution in [3.8, 4) is 23.0 Å². The minimum atomic E-state index is -0.122. The SMILES string of the molecule is CCCCCCCCCC(C)(c1ccc(Oc2ccc(N)cc2)cc1)c1ccc(Oc2ccc(N)cc2)cc1. The first-order valence-corrected chi connectivity index (χ1v) is 14.2. The van der Waals surface area contributed by atoms with Crippen LogP contribution in [0, 0.1) is 0 Å². The van der Waals surface area contributed by atoms with Crippen LogP contribution in [0.4, 0.5) is 11.4 Å². The van der Waals surface area contributed by atoms with Crippen molar-refractivity contribution < 1.29 is 9.47 Å². The van der Waals surface area contributed by atoms with E-state index >= 15 is 0 Å². The highest BCUT2D eigenvalue weighted by molar-refractivity contribution is 5.47. The highest BCUT2D eigenvalue weighted by Gasteiger charge is 2.28. The van der Waals surface area contributed by atoms with E-state index in [0.29, 0.717) is 0 Å². The van der Waals surface area contributed by atoms with Gasteiger partial charge in [0.1, 0.15) is 23.0 Å². The van der Waals surface area contributed by atoms with Gasteiger partial charge in [-0.25, -0.2) is 0 Å². The largest absolute Gasteiger partial charge is 0.457 e. The van der Waals surface area contributed by atoms with Crippen LogP contribution in [0.3, 0.4) is 0 Å². The zero-order valence-corrected chi connectivity index (χ0v) is 23.4. The Morgan fingerprint density at radius 3 is 1.21 bits per heavy atom. The molecule has 0 atom stereocenters. The summed E-state index contributed by atoms with van der Waals surface area (Å²) < 4.78 is 12.1. The van der Waals surface area contributed by atoms with Crippen molar-refractivity contribution in [3.05, 3.63) is 108 Å². The van der Waals surface area contributed by atoms with Gasteiger partial charge in [-0.3, -0.25) is 0 Å². The Morgan fingerprint density at radius 1 is 0.487 bits per heavy atom. The minimum absolute atomic E-state index is 0.122. The van der Waals surface area contributed by atoms with Crippen LogP contribution in [-0.4, -0.2) is 0 Å². The second-order valence-corrected chi connectivity index (χ2v) is 10.6. The maximum absolute atomic E-state index is 6.05. The fourth-order valence-corrected chi connectivity index (χ4v) is 5.02. The summed E-state index contributed by atoms with van der Waals surface area (Å²) in [5.74, 6) is 3.18. The molecule has 0 aliphatic carbocycles. The lowest BCUT2D eigenvalue weighted by molar-refractivity contribution is 0.463. The first kappa shape index (κ1) is 28.1. The summed E-state index contributed by atoms with van der Waals surface area (Å²) in [6.07, 6.45) is 10.1. The molecular formula is C35H42N2O2. The third kappa shape index (κ3) is 8.03. The molecule has 0 saturated carbocycles. The first-order chi connectivity index (χ1) is 19.0. The van der Waals surface area contributed by atoms with Gasteiger partial charge in [-0.2, -0.15) is 0 Å². The van der Waals surface area contributed by atoms with Crippen molar-refractivity contribution >= 4 is 11.4 Å². The van der Waals surface area contributed by atoms with Gasteiger partial charge in [0.25, 0.3) is 0 Å². The summed E-state index contributed by atoms with van der Waals surface area (Å²) in [5, 5.41) is 0. The molecule has 0 aliphatic rings. The van der Waals surface area contributed by atoms with Gasteiger partial charge in [0.05, 0.1) is 0 Å². The molecule has 39 heavy (non-hydrogen) atoms. The smallest absolute Gasteiger partial charge is 0.127 e. The molecule has 0 spiro atoms. The molecule has 0 aromatic heterocycles. The topological polar surface area (TPSA) is 70.5 Å². The zero-order chi connectivity index (χ0) is 27.5. The van der Waals surface area contributed by atoms with E-state index in [1.807, 2.05) is 48.5 Å². The number of hydrogen-bond donors (Lipinski definition) is 2. The Morgan fingerprint density at radius 2 is 0.821 bits per heavy atom. The third-order valence-electron chi connectivity index (χ3n) is 7.49. The summed E-state index contributed by atoms with van der Waals surface area (Å²) in [4.78, 5) is 0. The van der Waals surface area contributed by atoms with E-state index in [1.54, 1.807) is 0 Å². The molecule has 0 heterocycles. The van der Waals surface area contributed by atoms with E-state index in [9.17, 15) is 0 Å². The van der Waals surface area contributed by atoms with Crippen LogP contribution < -0.4 is 20.9 Å². The zero-order valence-electron chi connectivity index (χ0n) is 23.4. The van der Waals surface area contributed by atoms with Gasteiger partial charge in [-0.15, -0.1) is 0 Å². The Hall–Kier alpha value is -3.92. The average Bonchev–Trinajstić information content (AvgIpc) is 2.96. The summed E-state index contributed by atoms with van der Waals surface area (Å²) in [5.41, 5.74) is 15.5. The number of ether oxygens (including phenoxy) is 2. The summed E-state index contributed by atoms with van der Waals surface area (Å²) >= 11 is 0. The molecule has 0 bridgehead atoms. The highest BCUT2D eigenvalue weighted by Crippen LogP contribution is 2.39. The Balaban J connectivity index is 1.49. The maximum Gasteiger partial charge on any atom is 0.127 e. The van der Waals surface area contributed by atoms with Gasteiger partial charge in [-0.05, 0) is 90.3 Å². The number of nitrogens with two attached hydrogens (primary N) is 2. The van der Waals surface area contributed by atoms with Crippen molar-refractivity contribution in [1.82, 2.24) is 0 Å². The van der Waals surface area contributed by atoms with Gasteiger partial charge in [0.15, 0.2) is 0 Å². The second kappa shape index (κ2) is 13.7. The number of nitrogen functional groups attached to an aromatic ring is 2. The maximum atomic E-state index is 6.05. The molecule has 0 aliphatic heterocycles. The van der Waals surface area contributed by atoms with Crippen LogP contribution in [0.1, 0.15) is 76.3 Å². The first-order valence-electron chi connectivity index (χ1n) is 14.2. The quantitative estimate of drug-likeness (QED) is 0.128. The normalized spacial score (nSPS) is 11.3. The average molecular weight is 523 g/mol. The van der Waals surface area contributed by atoms with E-state index < -0.39 is 0 Å². The van der Waals surface area contributed by atoms with Crippen molar-refractivity contribution in [2.45, 2.75) is 70.6 Å². The monoisotopic (exact) mass is 522 g/mol. The van der Waals surface area contributed by atoms with Gasteiger partial charge in [0, 0.05) is 16.8 Å². The molecule has 4 rings (SSSR count). The molecular weight excluding hydrogens is 480 g/mol. The molecule has 0 radical (unpaired) electrons. The van der Waals surface area contributed by atoms with E-state index in [2.05, 4.69) is 62.4 Å². The van der Waals surface area contributed by atoms with Crippen molar-refractivity contribution in [2.75, 3.05) is 11.5 Å². The van der Waals surface area contributed by atoms with Gasteiger partial charge < -0.3 is 20.9 Å². The fraction of sp³-hybridized carbons (Fsp3) is 0.314. The lowest BCUT2D eigenvalue weighted by Crippen LogP contribution is -2.23. The highest BCUT2D eigenvalue weighted by atomic mass is 16.5. The lowest BCUT2D eigenvalue weighted by atomic mass is 9.72. The number of benzene rings is 4. The summed E-state index contributed by atoms with van der Waals surface area (Å²) in [6.45, 7) is 4.62. The molecule has 0 saturated heterocycles. The van der Waals surface area contributed by atoms with Crippen LogP contribution in [0.2, 0.25) is 0 Å². The van der Waals surface area contributed by atoms with Crippen LogP contribution in [0.5, 0.6) is 23.0 Å². The van der Waals surface area contributed by atoms with Crippen LogP contribution in [-0.2, 0) is 5.41 Å². The Labute approximate surface area is 234 Å².